The molecule has 1 aromatic carbocycles. The van der Waals surface area contributed by atoms with Crippen LogP contribution in [0.15, 0.2) is 24.3 Å². The molecule has 0 saturated heterocycles. The van der Waals surface area contributed by atoms with E-state index in [2.05, 4.69) is 22.9 Å². The van der Waals surface area contributed by atoms with Crippen molar-refractivity contribution in [2.45, 2.75) is 13.5 Å². The average molecular weight is 309 g/mol. The number of benzene rings is 1. The molecule has 0 spiro atoms. The first kappa shape index (κ1) is 16.0. The molecule has 0 aliphatic heterocycles. The first-order chi connectivity index (χ1) is 10.2. The lowest BCUT2D eigenvalue weighted by molar-refractivity contribution is 0.147. The zero-order chi connectivity index (χ0) is 15.2. The van der Waals surface area contributed by atoms with Crippen molar-refractivity contribution < 1.29 is 9.47 Å². The summed E-state index contributed by atoms with van der Waals surface area (Å²) >= 11 is 6.32. The molecule has 4 nitrogen and oxygen atoms in total. The molecule has 0 bridgehead atoms. The third kappa shape index (κ3) is 4.06. The van der Waals surface area contributed by atoms with Crippen LogP contribution in [0.4, 0.5) is 0 Å². The van der Waals surface area contributed by atoms with Crippen molar-refractivity contribution in [3.05, 3.63) is 35.0 Å². The molecule has 2 aromatic rings. The van der Waals surface area contributed by atoms with Gasteiger partial charge in [-0.3, -0.25) is 4.90 Å². The summed E-state index contributed by atoms with van der Waals surface area (Å²) < 4.78 is 10.3. The fourth-order valence-electron chi connectivity index (χ4n) is 2.22. The van der Waals surface area contributed by atoms with Crippen LogP contribution in [0, 0.1) is 0 Å². The lowest BCUT2D eigenvalue weighted by Gasteiger charge is -2.20. The fraction of sp³-hybridized carbons (Fsp3) is 0.438. The first-order valence-electron chi connectivity index (χ1n) is 7.02. The maximum absolute atomic E-state index is 6.32. The highest BCUT2D eigenvalue weighted by molar-refractivity contribution is 6.30. The van der Waals surface area contributed by atoms with E-state index in [4.69, 9.17) is 21.1 Å². The van der Waals surface area contributed by atoms with Crippen molar-refractivity contribution in [2.24, 2.45) is 0 Å². The van der Waals surface area contributed by atoms with Crippen molar-refractivity contribution in [1.82, 2.24) is 9.88 Å². The number of hydrogen-bond donors (Lipinski definition) is 0. The van der Waals surface area contributed by atoms with E-state index in [0.29, 0.717) is 11.8 Å². The number of halogens is 1. The Morgan fingerprint density at radius 1 is 1.24 bits per heavy atom. The molecule has 0 saturated carbocycles. The van der Waals surface area contributed by atoms with Gasteiger partial charge in [-0.2, -0.15) is 0 Å². The van der Waals surface area contributed by atoms with Gasteiger partial charge in [0.1, 0.15) is 10.9 Å². The second-order valence-electron chi connectivity index (χ2n) is 4.86. The quantitative estimate of drug-likeness (QED) is 0.735. The van der Waals surface area contributed by atoms with E-state index in [1.165, 1.54) is 0 Å². The van der Waals surface area contributed by atoms with Gasteiger partial charge in [0.25, 0.3) is 0 Å². The van der Waals surface area contributed by atoms with Gasteiger partial charge in [0.15, 0.2) is 0 Å². The van der Waals surface area contributed by atoms with Crippen LogP contribution < -0.4 is 4.74 Å². The Balaban J connectivity index is 2.25. The van der Waals surface area contributed by atoms with Gasteiger partial charge in [0.05, 0.1) is 19.2 Å². The molecule has 2 rings (SSSR count). The van der Waals surface area contributed by atoms with Crippen molar-refractivity contribution in [2.75, 3.05) is 33.9 Å². The van der Waals surface area contributed by atoms with Crippen LogP contribution in [0.3, 0.4) is 0 Å². The molecule has 0 radical (unpaired) electrons. The number of pyridine rings is 1. The van der Waals surface area contributed by atoms with E-state index < -0.39 is 0 Å². The van der Waals surface area contributed by atoms with Crippen LogP contribution in [0.2, 0.25) is 5.15 Å². The molecule has 0 aliphatic carbocycles. The number of hydrogen-bond acceptors (Lipinski definition) is 4. The number of ether oxygens (including phenoxy) is 2. The summed E-state index contributed by atoms with van der Waals surface area (Å²) in [7, 11) is 3.36. The molecule has 114 valence electrons. The number of methoxy groups -OCH3 is 2. The molecule has 0 N–H and O–H groups in total. The molecule has 0 atom stereocenters. The van der Waals surface area contributed by atoms with E-state index in [-0.39, 0.29) is 0 Å². The van der Waals surface area contributed by atoms with Crippen LogP contribution in [0.1, 0.15) is 12.5 Å². The zero-order valence-electron chi connectivity index (χ0n) is 12.7. The Kier molecular flexibility index (Phi) is 5.79. The second kappa shape index (κ2) is 7.59. The highest BCUT2D eigenvalue weighted by Crippen LogP contribution is 2.25. The van der Waals surface area contributed by atoms with E-state index in [9.17, 15) is 0 Å². The lowest BCUT2D eigenvalue weighted by Crippen LogP contribution is -2.26. The third-order valence-corrected chi connectivity index (χ3v) is 3.83. The SMILES string of the molecule is CCN(CCOC)Cc1cc2ccc(OC)cc2nc1Cl. The molecule has 1 aromatic heterocycles. The summed E-state index contributed by atoms with van der Waals surface area (Å²) in [6, 6.07) is 7.93. The van der Waals surface area contributed by atoms with E-state index in [1.807, 2.05) is 18.2 Å². The Morgan fingerprint density at radius 3 is 2.71 bits per heavy atom. The van der Waals surface area contributed by atoms with Gasteiger partial charge in [-0.05, 0) is 24.7 Å². The van der Waals surface area contributed by atoms with Crippen molar-refractivity contribution in [3.8, 4) is 5.75 Å². The zero-order valence-corrected chi connectivity index (χ0v) is 13.5. The van der Waals surface area contributed by atoms with Crippen LogP contribution in [0.25, 0.3) is 10.9 Å². The van der Waals surface area contributed by atoms with Gasteiger partial charge in [-0.1, -0.05) is 18.5 Å². The summed E-state index contributed by atoms with van der Waals surface area (Å²) in [5.41, 5.74) is 1.88. The average Bonchev–Trinajstić information content (AvgIpc) is 2.51. The Labute approximate surface area is 130 Å². The highest BCUT2D eigenvalue weighted by Gasteiger charge is 2.10. The lowest BCUT2D eigenvalue weighted by atomic mass is 10.1. The Hall–Kier alpha value is -1.36. The summed E-state index contributed by atoms with van der Waals surface area (Å²) in [6.07, 6.45) is 0. The topological polar surface area (TPSA) is 34.6 Å². The number of nitrogens with zero attached hydrogens (tertiary/aromatic N) is 2. The molecule has 0 aliphatic rings. The standard InChI is InChI=1S/C16H21ClN2O2/c1-4-19(7-8-20-2)11-13-9-12-5-6-14(21-3)10-15(12)18-16(13)17/h5-6,9-10H,4,7-8,11H2,1-3H3. The predicted molar refractivity (Wildman–Crippen MR) is 86.1 cm³/mol. The Bertz CT molecular complexity index is 604. The predicted octanol–water partition coefficient (Wildman–Crippen LogP) is 3.37. The largest absolute Gasteiger partial charge is 0.497 e. The molecular weight excluding hydrogens is 288 g/mol. The fourth-order valence-corrected chi connectivity index (χ4v) is 2.42. The van der Waals surface area contributed by atoms with Crippen LogP contribution in [-0.4, -0.2) is 43.8 Å². The molecule has 5 heteroatoms. The van der Waals surface area contributed by atoms with Crippen molar-refractivity contribution in [3.63, 3.8) is 0 Å². The van der Waals surface area contributed by atoms with Gasteiger partial charge in [0, 0.05) is 37.2 Å². The highest BCUT2D eigenvalue weighted by atomic mass is 35.5. The van der Waals surface area contributed by atoms with Crippen molar-refractivity contribution >= 4 is 22.5 Å². The van der Waals surface area contributed by atoms with Crippen LogP contribution >= 0.6 is 11.6 Å². The number of likely N-dealkylation sites (N-methyl/N-ethyl adjacent to an activating group) is 1. The van der Waals surface area contributed by atoms with Gasteiger partial charge in [-0.15, -0.1) is 0 Å². The van der Waals surface area contributed by atoms with Gasteiger partial charge < -0.3 is 9.47 Å². The summed E-state index contributed by atoms with van der Waals surface area (Å²) in [4.78, 5) is 6.76. The monoisotopic (exact) mass is 308 g/mol. The minimum Gasteiger partial charge on any atom is -0.497 e. The number of rotatable bonds is 7. The molecule has 0 fully saturated rings. The molecule has 21 heavy (non-hydrogen) atoms. The summed E-state index contributed by atoms with van der Waals surface area (Å²) in [6.45, 7) is 5.44. The molecular formula is C16H21ClN2O2. The normalized spacial score (nSPS) is 11.3. The van der Waals surface area contributed by atoms with Gasteiger partial charge >= 0.3 is 0 Å². The van der Waals surface area contributed by atoms with Crippen LogP contribution in [-0.2, 0) is 11.3 Å². The van der Waals surface area contributed by atoms with Crippen LogP contribution in [0.5, 0.6) is 5.75 Å². The maximum atomic E-state index is 6.32. The maximum Gasteiger partial charge on any atom is 0.134 e. The Morgan fingerprint density at radius 2 is 2.05 bits per heavy atom. The van der Waals surface area contributed by atoms with Gasteiger partial charge in [0.2, 0.25) is 0 Å². The minimum atomic E-state index is 0.548. The first-order valence-corrected chi connectivity index (χ1v) is 7.40. The van der Waals surface area contributed by atoms with Gasteiger partial charge in [-0.25, -0.2) is 4.98 Å². The summed E-state index contributed by atoms with van der Waals surface area (Å²) in [5, 5.41) is 1.62. The second-order valence-corrected chi connectivity index (χ2v) is 5.22. The summed E-state index contributed by atoms with van der Waals surface area (Å²) in [5.74, 6) is 0.786. The third-order valence-electron chi connectivity index (χ3n) is 3.50. The van der Waals surface area contributed by atoms with E-state index in [0.717, 1.165) is 41.9 Å². The minimum absolute atomic E-state index is 0.548. The van der Waals surface area contributed by atoms with Crippen molar-refractivity contribution in [1.29, 1.82) is 0 Å². The van der Waals surface area contributed by atoms with E-state index in [1.54, 1.807) is 14.2 Å². The number of fused-ring (bicyclic) bond motifs is 1. The smallest absolute Gasteiger partial charge is 0.134 e. The molecule has 0 unspecified atom stereocenters. The molecule has 0 amide bonds. The molecule has 1 heterocycles. The number of aromatic nitrogens is 1. The van der Waals surface area contributed by atoms with E-state index >= 15 is 0 Å².